The number of anilines is 1. The second-order valence-corrected chi connectivity index (χ2v) is 4.59. The first kappa shape index (κ1) is 13.6. The smallest absolute Gasteiger partial charge is 0.230 e. The van der Waals surface area contributed by atoms with Crippen LogP contribution in [0.4, 0.5) is 5.69 Å². The molecule has 0 aliphatic rings. The van der Waals surface area contributed by atoms with E-state index < -0.39 is 10.3 Å². The molecule has 2 N–H and O–H groups in total. The van der Waals surface area contributed by atoms with Crippen molar-refractivity contribution in [3.05, 3.63) is 23.8 Å². The highest BCUT2D eigenvalue weighted by molar-refractivity contribution is 7.71. The maximum atomic E-state index is 10.3. The topological polar surface area (TPSA) is 66.4 Å². The molecular weight excluding hydrogens is 238 g/mol. The fourth-order valence-electron chi connectivity index (χ4n) is 1.55. The lowest BCUT2D eigenvalue weighted by Crippen LogP contribution is -1.96. The summed E-state index contributed by atoms with van der Waals surface area (Å²) in [5.41, 5.74) is 2.35. The number of rotatable bonds is 6. The standard InChI is InChI=1S/C12H17NO3S/c1-2-3-4-5-10-6-7-11(12(14)8-10)13-9-17(15)16/h6-9,13-14H,2-5H2,1H3. The van der Waals surface area contributed by atoms with E-state index in [1.54, 1.807) is 12.1 Å². The van der Waals surface area contributed by atoms with E-state index in [0.717, 1.165) is 30.3 Å². The van der Waals surface area contributed by atoms with Crippen LogP contribution >= 0.6 is 0 Å². The van der Waals surface area contributed by atoms with Crippen LogP contribution in [0.5, 0.6) is 5.75 Å². The normalized spacial score (nSPS) is 9.94. The highest BCUT2D eigenvalue weighted by Gasteiger charge is 2.01. The van der Waals surface area contributed by atoms with Crippen molar-refractivity contribution in [2.75, 3.05) is 5.32 Å². The molecule has 4 nitrogen and oxygen atoms in total. The van der Waals surface area contributed by atoms with Crippen LogP contribution in [0.2, 0.25) is 0 Å². The zero-order chi connectivity index (χ0) is 12.7. The molecule has 1 rings (SSSR count). The van der Waals surface area contributed by atoms with Crippen molar-refractivity contribution in [3.63, 3.8) is 0 Å². The van der Waals surface area contributed by atoms with Crippen LogP contribution < -0.4 is 5.32 Å². The van der Waals surface area contributed by atoms with E-state index in [1.165, 1.54) is 6.42 Å². The van der Waals surface area contributed by atoms with Gasteiger partial charge in [-0.1, -0.05) is 25.8 Å². The minimum absolute atomic E-state index is 0.0701. The van der Waals surface area contributed by atoms with Crippen LogP contribution in [0.3, 0.4) is 0 Å². The summed E-state index contributed by atoms with van der Waals surface area (Å²) < 4.78 is 20.7. The van der Waals surface area contributed by atoms with Gasteiger partial charge in [-0.25, -0.2) is 0 Å². The van der Waals surface area contributed by atoms with Gasteiger partial charge in [-0.2, -0.15) is 8.42 Å². The maximum Gasteiger partial charge on any atom is 0.230 e. The summed E-state index contributed by atoms with van der Waals surface area (Å²) in [5.74, 6) is 0.0701. The Hall–Kier alpha value is -1.49. The number of aromatic hydroxyl groups is 1. The van der Waals surface area contributed by atoms with Gasteiger partial charge in [0.15, 0.2) is 0 Å². The van der Waals surface area contributed by atoms with Crippen LogP contribution in [-0.2, 0) is 16.7 Å². The molecule has 0 amide bonds. The number of nitrogens with one attached hydrogen (secondary N) is 1. The van der Waals surface area contributed by atoms with Crippen molar-refractivity contribution < 1.29 is 13.5 Å². The van der Waals surface area contributed by atoms with E-state index >= 15 is 0 Å². The molecule has 0 aliphatic heterocycles. The van der Waals surface area contributed by atoms with Crippen LogP contribution in [0.25, 0.3) is 0 Å². The summed E-state index contributed by atoms with van der Waals surface area (Å²) in [6.45, 7) is 2.14. The lowest BCUT2D eigenvalue weighted by atomic mass is 10.1. The lowest BCUT2D eigenvalue weighted by Gasteiger charge is -2.06. The third-order valence-corrected chi connectivity index (χ3v) is 2.75. The minimum atomic E-state index is -2.28. The number of hydrogen-bond donors (Lipinski definition) is 2. The first-order valence-corrected chi connectivity index (χ1v) is 6.77. The average molecular weight is 255 g/mol. The maximum absolute atomic E-state index is 10.3. The quantitative estimate of drug-likeness (QED) is 0.464. The fourth-order valence-corrected chi connectivity index (χ4v) is 1.77. The fraction of sp³-hybridized carbons (Fsp3) is 0.417. The predicted octanol–water partition coefficient (Wildman–Crippen LogP) is 2.18. The van der Waals surface area contributed by atoms with Crippen molar-refractivity contribution in [3.8, 4) is 5.75 Å². The molecule has 0 saturated heterocycles. The molecule has 0 radical (unpaired) electrons. The van der Waals surface area contributed by atoms with Crippen molar-refractivity contribution in [1.82, 2.24) is 0 Å². The number of aryl methyl sites for hydroxylation is 1. The molecule has 0 saturated carbocycles. The lowest BCUT2D eigenvalue weighted by molar-refractivity contribution is 0.477. The molecule has 5 heteroatoms. The molecule has 0 unspecified atom stereocenters. The Labute approximate surface area is 103 Å². The number of hydrogen-bond acceptors (Lipinski definition) is 3. The summed E-state index contributed by atoms with van der Waals surface area (Å²) in [4.78, 5) is 0. The van der Waals surface area contributed by atoms with Gasteiger partial charge < -0.3 is 10.4 Å². The summed E-state index contributed by atoms with van der Waals surface area (Å²) in [5, 5.41) is 12.2. The molecule has 0 aliphatic carbocycles. The third-order valence-electron chi connectivity index (χ3n) is 2.44. The van der Waals surface area contributed by atoms with Gasteiger partial charge in [0, 0.05) is 0 Å². The van der Waals surface area contributed by atoms with Crippen molar-refractivity contribution in [2.24, 2.45) is 0 Å². The minimum Gasteiger partial charge on any atom is -0.506 e. The second kappa shape index (κ2) is 6.96. The highest BCUT2D eigenvalue weighted by atomic mass is 32.2. The average Bonchev–Trinajstić information content (AvgIpc) is 2.28. The van der Waals surface area contributed by atoms with Crippen molar-refractivity contribution >= 4 is 21.5 Å². The van der Waals surface area contributed by atoms with E-state index in [2.05, 4.69) is 12.2 Å². The summed E-state index contributed by atoms with van der Waals surface area (Å²) in [6, 6.07) is 5.23. The largest absolute Gasteiger partial charge is 0.506 e. The van der Waals surface area contributed by atoms with Crippen LogP contribution in [0.1, 0.15) is 31.7 Å². The number of phenols is 1. The SMILES string of the molecule is CCCCCc1ccc(NC=S(=O)=O)c(O)c1. The van der Waals surface area contributed by atoms with Gasteiger partial charge in [0.05, 0.1) is 5.69 Å². The molecule has 17 heavy (non-hydrogen) atoms. The van der Waals surface area contributed by atoms with Crippen LogP contribution in [-0.4, -0.2) is 19.0 Å². The Morgan fingerprint density at radius 2 is 2.12 bits per heavy atom. The zero-order valence-corrected chi connectivity index (χ0v) is 10.6. The van der Waals surface area contributed by atoms with Crippen LogP contribution in [0.15, 0.2) is 18.2 Å². The molecule has 0 spiro atoms. The predicted molar refractivity (Wildman–Crippen MR) is 69.9 cm³/mol. The number of benzene rings is 1. The van der Waals surface area contributed by atoms with E-state index in [9.17, 15) is 13.5 Å². The van der Waals surface area contributed by atoms with Crippen molar-refractivity contribution in [1.29, 1.82) is 0 Å². The third kappa shape index (κ3) is 4.91. The molecule has 0 heterocycles. The van der Waals surface area contributed by atoms with E-state index in [1.807, 2.05) is 6.07 Å². The van der Waals surface area contributed by atoms with Gasteiger partial charge >= 0.3 is 0 Å². The monoisotopic (exact) mass is 255 g/mol. The first-order chi connectivity index (χ1) is 8.13. The van der Waals surface area contributed by atoms with E-state index in [4.69, 9.17) is 0 Å². The number of phenolic OH excluding ortho intramolecular Hbond substituents is 1. The Kier molecular flexibility index (Phi) is 5.56. The molecule has 94 valence electrons. The highest BCUT2D eigenvalue weighted by Crippen LogP contribution is 2.24. The molecular formula is C12H17NO3S. The summed E-state index contributed by atoms with van der Waals surface area (Å²) in [7, 11) is -2.28. The summed E-state index contributed by atoms with van der Waals surface area (Å²) >= 11 is 0. The Morgan fingerprint density at radius 1 is 1.35 bits per heavy atom. The van der Waals surface area contributed by atoms with Gasteiger partial charge in [-0.15, -0.1) is 0 Å². The first-order valence-electron chi connectivity index (χ1n) is 5.63. The van der Waals surface area contributed by atoms with Gasteiger partial charge in [-0.3, -0.25) is 0 Å². The zero-order valence-electron chi connectivity index (χ0n) is 9.81. The number of unbranched alkanes of at least 4 members (excludes halogenated alkanes) is 2. The second-order valence-electron chi connectivity index (χ2n) is 3.83. The van der Waals surface area contributed by atoms with E-state index in [-0.39, 0.29) is 5.75 Å². The Bertz CT molecular complexity index is 486. The molecule has 0 bridgehead atoms. The van der Waals surface area contributed by atoms with Gasteiger partial charge in [0.2, 0.25) is 10.3 Å². The van der Waals surface area contributed by atoms with E-state index in [0.29, 0.717) is 5.69 Å². The molecule has 1 aromatic carbocycles. The van der Waals surface area contributed by atoms with Gasteiger partial charge in [-0.05, 0) is 30.5 Å². The van der Waals surface area contributed by atoms with Gasteiger partial charge in [0.1, 0.15) is 11.2 Å². The molecule has 1 aromatic rings. The Morgan fingerprint density at radius 3 is 2.71 bits per heavy atom. The summed E-state index contributed by atoms with van der Waals surface area (Å²) in [6.07, 6.45) is 4.36. The van der Waals surface area contributed by atoms with Crippen LogP contribution in [0, 0.1) is 0 Å². The Balaban J connectivity index is 2.68. The van der Waals surface area contributed by atoms with Gasteiger partial charge in [0.25, 0.3) is 0 Å². The van der Waals surface area contributed by atoms with Crippen molar-refractivity contribution in [2.45, 2.75) is 32.6 Å². The molecule has 0 fully saturated rings. The molecule has 0 atom stereocenters. The molecule has 0 aromatic heterocycles.